The van der Waals surface area contributed by atoms with E-state index >= 15 is 0 Å². The molecular weight excluding hydrogens is 164 g/mol. The SMILES string of the molecule is N#CC1=C(N)OC2=C(CCCC2)C1. The van der Waals surface area contributed by atoms with E-state index in [1.54, 1.807) is 0 Å². The first-order valence-corrected chi connectivity index (χ1v) is 4.58. The fraction of sp³-hybridized carbons (Fsp3) is 0.500. The molecule has 1 aliphatic heterocycles. The summed E-state index contributed by atoms with van der Waals surface area (Å²) in [7, 11) is 0. The summed E-state index contributed by atoms with van der Waals surface area (Å²) >= 11 is 0. The van der Waals surface area contributed by atoms with E-state index in [9.17, 15) is 0 Å². The maximum Gasteiger partial charge on any atom is 0.204 e. The predicted molar refractivity (Wildman–Crippen MR) is 48.0 cm³/mol. The number of hydrogen-bond acceptors (Lipinski definition) is 3. The Kier molecular flexibility index (Phi) is 1.97. The van der Waals surface area contributed by atoms with E-state index in [4.69, 9.17) is 15.7 Å². The van der Waals surface area contributed by atoms with Crippen molar-refractivity contribution in [2.45, 2.75) is 32.1 Å². The molecular formula is C10H12N2O. The van der Waals surface area contributed by atoms with Crippen molar-refractivity contribution >= 4 is 0 Å². The topological polar surface area (TPSA) is 59.0 Å². The zero-order valence-corrected chi connectivity index (χ0v) is 7.47. The first-order valence-electron chi connectivity index (χ1n) is 4.58. The zero-order valence-electron chi connectivity index (χ0n) is 7.47. The van der Waals surface area contributed by atoms with Gasteiger partial charge in [-0.25, -0.2) is 0 Å². The van der Waals surface area contributed by atoms with Crippen molar-refractivity contribution in [2.75, 3.05) is 0 Å². The van der Waals surface area contributed by atoms with Crippen LogP contribution < -0.4 is 5.73 Å². The lowest BCUT2D eigenvalue weighted by Gasteiger charge is -2.24. The number of rotatable bonds is 0. The molecule has 0 fully saturated rings. The van der Waals surface area contributed by atoms with Gasteiger partial charge in [0.15, 0.2) is 0 Å². The fourth-order valence-electron chi connectivity index (χ4n) is 1.84. The third kappa shape index (κ3) is 1.40. The Labute approximate surface area is 77.5 Å². The first-order chi connectivity index (χ1) is 6.31. The standard InChI is InChI=1S/C10H12N2O/c11-6-8-5-7-3-1-2-4-9(7)13-10(8)12/h1-5,12H2. The average molecular weight is 176 g/mol. The highest BCUT2D eigenvalue weighted by Gasteiger charge is 2.22. The Morgan fingerprint density at radius 1 is 1.31 bits per heavy atom. The van der Waals surface area contributed by atoms with Gasteiger partial charge in [-0.15, -0.1) is 0 Å². The molecule has 0 atom stereocenters. The molecule has 1 aliphatic carbocycles. The first kappa shape index (κ1) is 8.18. The summed E-state index contributed by atoms with van der Waals surface area (Å²) in [5.41, 5.74) is 7.46. The molecule has 3 nitrogen and oxygen atoms in total. The summed E-state index contributed by atoms with van der Waals surface area (Å²) in [5.74, 6) is 1.32. The molecule has 0 amide bonds. The number of ether oxygens (including phenoxy) is 1. The highest BCUT2D eigenvalue weighted by atomic mass is 16.5. The van der Waals surface area contributed by atoms with Crippen LogP contribution in [0.15, 0.2) is 22.8 Å². The lowest BCUT2D eigenvalue weighted by molar-refractivity contribution is 0.255. The van der Waals surface area contributed by atoms with Crippen LogP contribution in [-0.4, -0.2) is 0 Å². The summed E-state index contributed by atoms with van der Waals surface area (Å²) < 4.78 is 5.41. The molecule has 0 radical (unpaired) electrons. The number of nitrogens with zero attached hydrogens (tertiary/aromatic N) is 1. The minimum atomic E-state index is 0.308. The lowest BCUT2D eigenvalue weighted by atomic mass is 9.91. The maximum absolute atomic E-state index is 8.76. The van der Waals surface area contributed by atoms with E-state index in [2.05, 4.69) is 6.07 Å². The van der Waals surface area contributed by atoms with E-state index in [1.165, 1.54) is 18.4 Å². The molecule has 0 spiro atoms. The summed E-state index contributed by atoms with van der Waals surface area (Å²) in [5, 5.41) is 8.76. The van der Waals surface area contributed by atoms with Crippen LogP contribution in [0.4, 0.5) is 0 Å². The second-order valence-electron chi connectivity index (χ2n) is 3.47. The monoisotopic (exact) mass is 176 g/mol. The maximum atomic E-state index is 8.76. The third-order valence-electron chi connectivity index (χ3n) is 2.58. The minimum Gasteiger partial charge on any atom is -0.445 e. The highest BCUT2D eigenvalue weighted by molar-refractivity contribution is 5.34. The molecule has 0 aromatic rings. The van der Waals surface area contributed by atoms with Crippen molar-refractivity contribution in [1.82, 2.24) is 0 Å². The number of nitrogens with two attached hydrogens (primary N) is 1. The molecule has 0 aromatic carbocycles. The van der Waals surface area contributed by atoms with Crippen molar-refractivity contribution in [1.29, 1.82) is 5.26 Å². The van der Waals surface area contributed by atoms with E-state index in [-0.39, 0.29) is 0 Å². The molecule has 2 N–H and O–H groups in total. The Hall–Kier alpha value is -1.43. The number of nitriles is 1. The summed E-state index contributed by atoms with van der Waals surface area (Å²) in [6, 6.07) is 2.08. The van der Waals surface area contributed by atoms with Crippen molar-refractivity contribution in [2.24, 2.45) is 5.73 Å². The van der Waals surface area contributed by atoms with E-state index in [0.29, 0.717) is 17.9 Å². The molecule has 3 heteroatoms. The normalized spacial score (nSPS) is 22.1. The van der Waals surface area contributed by atoms with Crippen LogP contribution in [-0.2, 0) is 4.74 Å². The van der Waals surface area contributed by atoms with Crippen molar-refractivity contribution < 1.29 is 4.74 Å². The van der Waals surface area contributed by atoms with Crippen LogP contribution in [0.1, 0.15) is 32.1 Å². The smallest absolute Gasteiger partial charge is 0.204 e. The van der Waals surface area contributed by atoms with Gasteiger partial charge in [0.1, 0.15) is 11.8 Å². The zero-order chi connectivity index (χ0) is 9.26. The summed E-state index contributed by atoms with van der Waals surface area (Å²) in [4.78, 5) is 0. The molecule has 0 aromatic heterocycles. The summed E-state index contributed by atoms with van der Waals surface area (Å²) in [6.07, 6.45) is 5.13. The largest absolute Gasteiger partial charge is 0.445 e. The molecule has 0 saturated carbocycles. The molecule has 1 heterocycles. The van der Waals surface area contributed by atoms with Crippen LogP contribution in [0, 0.1) is 11.3 Å². The molecule has 2 aliphatic rings. The second-order valence-corrected chi connectivity index (χ2v) is 3.47. The van der Waals surface area contributed by atoms with Crippen LogP contribution in [0.25, 0.3) is 0 Å². The van der Waals surface area contributed by atoms with E-state index in [0.717, 1.165) is 18.6 Å². The van der Waals surface area contributed by atoms with Crippen LogP contribution in [0.3, 0.4) is 0 Å². The highest BCUT2D eigenvalue weighted by Crippen LogP contribution is 2.34. The van der Waals surface area contributed by atoms with Crippen LogP contribution in [0.2, 0.25) is 0 Å². The van der Waals surface area contributed by atoms with Gasteiger partial charge in [0.2, 0.25) is 5.88 Å². The Morgan fingerprint density at radius 3 is 2.85 bits per heavy atom. The minimum absolute atomic E-state index is 0.308. The Balaban J connectivity index is 2.23. The van der Waals surface area contributed by atoms with Crippen LogP contribution in [0.5, 0.6) is 0 Å². The molecule has 0 saturated heterocycles. The number of hydrogen-bond donors (Lipinski definition) is 1. The fourth-order valence-corrected chi connectivity index (χ4v) is 1.84. The van der Waals surface area contributed by atoms with E-state index in [1.807, 2.05) is 0 Å². The van der Waals surface area contributed by atoms with Gasteiger partial charge in [-0.1, -0.05) is 0 Å². The third-order valence-corrected chi connectivity index (χ3v) is 2.58. The van der Waals surface area contributed by atoms with Gasteiger partial charge < -0.3 is 10.5 Å². The molecule has 0 unspecified atom stereocenters. The Morgan fingerprint density at radius 2 is 2.08 bits per heavy atom. The quantitative estimate of drug-likeness (QED) is 0.613. The van der Waals surface area contributed by atoms with Gasteiger partial charge in [-0.05, 0) is 24.8 Å². The van der Waals surface area contributed by atoms with Crippen LogP contribution >= 0.6 is 0 Å². The van der Waals surface area contributed by atoms with Crippen molar-refractivity contribution in [3.63, 3.8) is 0 Å². The molecule has 0 bridgehead atoms. The van der Waals surface area contributed by atoms with Gasteiger partial charge in [0, 0.05) is 12.8 Å². The van der Waals surface area contributed by atoms with Gasteiger partial charge in [-0.2, -0.15) is 5.26 Å². The van der Waals surface area contributed by atoms with Gasteiger partial charge in [0.05, 0.1) is 5.57 Å². The van der Waals surface area contributed by atoms with Crippen molar-refractivity contribution in [3.05, 3.63) is 22.8 Å². The van der Waals surface area contributed by atoms with E-state index < -0.39 is 0 Å². The Bertz CT molecular complexity index is 333. The molecule has 13 heavy (non-hydrogen) atoms. The lowest BCUT2D eigenvalue weighted by Crippen LogP contribution is -2.15. The van der Waals surface area contributed by atoms with Crippen molar-refractivity contribution in [3.8, 4) is 6.07 Å². The molecule has 2 rings (SSSR count). The second kappa shape index (κ2) is 3.14. The van der Waals surface area contributed by atoms with Gasteiger partial charge >= 0.3 is 0 Å². The van der Waals surface area contributed by atoms with Gasteiger partial charge in [0.25, 0.3) is 0 Å². The van der Waals surface area contributed by atoms with Gasteiger partial charge in [-0.3, -0.25) is 0 Å². The molecule has 68 valence electrons. The predicted octanol–water partition coefficient (Wildman–Crippen LogP) is 1.93. The average Bonchev–Trinajstić information content (AvgIpc) is 2.17. The summed E-state index contributed by atoms with van der Waals surface area (Å²) in [6.45, 7) is 0. The number of allylic oxidation sites excluding steroid dienone is 3.